The molecule has 2 fully saturated rings. The van der Waals surface area contributed by atoms with Gasteiger partial charge in [0.05, 0.1) is 12.1 Å². The monoisotopic (exact) mass is 294 g/mol. The number of anilines is 1. The van der Waals surface area contributed by atoms with E-state index >= 15 is 0 Å². The van der Waals surface area contributed by atoms with Crippen LogP contribution in [-0.4, -0.2) is 48.2 Å². The lowest BCUT2D eigenvalue weighted by Crippen LogP contribution is -2.42. The van der Waals surface area contributed by atoms with E-state index in [1.165, 1.54) is 6.33 Å². The van der Waals surface area contributed by atoms with Gasteiger partial charge in [0, 0.05) is 32.3 Å². The van der Waals surface area contributed by atoms with Crippen molar-refractivity contribution < 1.29 is 13.9 Å². The summed E-state index contributed by atoms with van der Waals surface area (Å²) in [6.07, 6.45) is 4.93. The van der Waals surface area contributed by atoms with Crippen molar-refractivity contribution in [2.45, 2.75) is 25.3 Å². The Morgan fingerprint density at radius 2 is 2.19 bits per heavy atom. The second-order valence-corrected chi connectivity index (χ2v) is 5.52. The molecule has 0 saturated carbocycles. The third-order valence-corrected chi connectivity index (χ3v) is 4.07. The molecule has 3 rings (SSSR count). The number of rotatable bonds is 3. The Morgan fingerprint density at radius 3 is 2.95 bits per heavy atom. The molecule has 2 aliphatic heterocycles. The molecule has 1 atom stereocenters. The fourth-order valence-corrected chi connectivity index (χ4v) is 2.87. The van der Waals surface area contributed by atoms with Gasteiger partial charge in [-0.2, -0.15) is 0 Å². The SMILES string of the molecule is O=C(NC1CCOCC1)C1CCN(c2ncncc2F)C1. The third-order valence-electron chi connectivity index (χ3n) is 4.07. The Bertz CT molecular complexity index is 508. The zero-order valence-corrected chi connectivity index (χ0v) is 11.8. The van der Waals surface area contributed by atoms with Gasteiger partial charge >= 0.3 is 0 Å². The molecule has 21 heavy (non-hydrogen) atoms. The van der Waals surface area contributed by atoms with E-state index in [1.54, 1.807) is 0 Å². The fraction of sp³-hybridized carbons (Fsp3) is 0.643. The van der Waals surface area contributed by atoms with Crippen molar-refractivity contribution in [2.75, 3.05) is 31.2 Å². The number of hydrogen-bond donors (Lipinski definition) is 1. The number of hydrogen-bond acceptors (Lipinski definition) is 5. The first kappa shape index (κ1) is 14.2. The standard InChI is InChI=1S/C14H19FN4O2/c15-12-7-16-9-17-13(12)19-4-1-10(8-19)14(20)18-11-2-5-21-6-3-11/h7,9-11H,1-6,8H2,(H,18,20). The van der Waals surface area contributed by atoms with Crippen LogP contribution in [0.15, 0.2) is 12.5 Å². The van der Waals surface area contributed by atoms with E-state index in [2.05, 4.69) is 15.3 Å². The minimum atomic E-state index is -0.442. The van der Waals surface area contributed by atoms with Gasteiger partial charge in [-0.1, -0.05) is 0 Å². The molecular weight excluding hydrogens is 275 g/mol. The van der Waals surface area contributed by atoms with Gasteiger partial charge in [-0.3, -0.25) is 4.79 Å². The molecule has 1 N–H and O–H groups in total. The molecule has 0 spiro atoms. The van der Waals surface area contributed by atoms with Crippen molar-refractivity contribution in [3.63, 3.8) is 0 Å². The van der Waals surface area contributed by atoms with Crippen LogP contribution in [0.2, 0.25) is 0 Å². The highest BCUT2D eigenvalue weighted by Crippen LogP contribution is 2.24. The third kappa shape index (κ3) is 3.29. The number of carbonyl (C=O) groups is 1. The molecule has 7 heteroatoms. The lowest BCUT2D eigenvalue weighted by molar-refractivity contribution is -0.125. The maximum absolute atomic E-state index is 13.7. The molecule has 0 bridgehead atoms. The molecule has 3 heterocycles. The van der Waals surface area contributed by atoms with E-state index in [1.807, 2.05) is 4.90 Å². The molecule has 1 aromatic heterocycles. The van der Waals surface area contributed by atoms with Gasteiger partial charge in [-0.25, -0.2) is 14.4 Å². The van der Waals surface area contributed by atoms with Crippen molar-refractivity contribution in [3.05, 3.63) is 18.3 Å². The van der Waals surface area contributed by atoms with Crippen LogP contribution in [0, 0.1) is 11.7 Å². The maximum atomic E-state index is 13.7. The summed E-state index contributed by atoms with van der Waals surface area (Å²) in [5.74, 6) is -0.213. The maximum Gasteiger partial charge on any atom is 0.225 e. The molecule has 0 aliphatic carbocycles. The number of nitrogens with one attached hydrogen (secondary N) is 1. The topological polar surface area (TPSA) is 67.3 Å². The molecule has 2 saturated heterocycles. The second kappa shape index (κ2) is 6.34. The molecule has 1 aromatic rings. The summed E-state index contributed by atoms with van der Waals surface area (Å²) in [7, 11) is 0. The smallest absolute Gasteiger partial charge is 0.225 e. The Labute approximate surface area is 122 Å². The van der Waals surface area contributed by atoms with Crippen LogP contribution in [0.1, 0.15) is 19.3 Å². The summed E-state index contributed by atoms with van der Waals surface area (Å²) < 4.78 is 18.9. The predicted octanol–water partition coefficient (Wildman–Crippen LogP) is 0.737. The van der Waals surface area contributed by atoms with E-state index in [0.29, 0.717) is 26.3 Å². The number of amides is 1. The Balaban J connectivity index is 1.56. The van der Waals surface area contributed by atoms with Crippen LogP contribution >= 0.6 is 0 Å². The van der Waals surface area contributed by atoms with Crippen LogP contribution in [0.3, 0.4) is 0 Å². The highest BCUT2D eigenvalue weighted by Gasteiger charge is 2.31. The molecule has 114 valence electrons. The summed E-state index contributed by atoms with van der Waals surface area (Å²) in [6.45, 7) is 2.55. The number of nitrogens with zero attached hydrogens (tertiary/aromatic N) is 3. The normalized spacial score (nSPS) is 23.3. The molecule has 6 nitrogen and oxygen atoms in total. The predicted molar refractivity (Wildman–Crippen MR) is 74.3 cm³/mol. The Hall–Kier alpha value is -1.76. The van der Waals surface area contributed by atoms with Gasteiger partial charge in [0.15, 0.2) is 11.6 Å². The first-order valence-corrected chi connectivity index (χ1v) is 7.32. The molecule has 1 unspecified atom stereocenters. The van der Waals surface area contributed by atoms with Crippen LogP contribution in [0.4, 0.5) is 10.2 Å². The zero-order valence-electron chi connectivity index (χ0n) is 11.8. The lowest BCUT2D eigenvalue weighted by Gasteiger charge is -2.24. The molecule has 2 aliphatic rings. The van der Waals surface area contributed by atoms with Gasteiger partial charge in [-0.05, 0) is 19.3 Å². The van der Waals surface area contributed by atoms with Gasteiger partial charge in [0.25, 0.3) is 0 Å². The molecular formula is C14H19FN4O2. The first-order chi connectivity index (χ1) is 10.2. The Morgan fingerprint density at radius 1 is 1.38 bits per heavy atom. The zero-order chi connectivity index (χ0) is 14.7. The summed E-state index contributed by atoms with van der Waals surface area (Å²) in [5.41, 5.74) is 0. The molecule has 0 radical (unpaired) electrons. The number of ether oxygens (including phenoxy) is 1. The van der Waals surface area contributed by atoms with Crippen LogP contribution in [-0.2, 0) is 9.53 Å². The summed E-state index contributed by atoms with van der Waals surface area (Å²) in [4.78, 5) is 21.7. The van der Waals surface area contributed by atoms with Crippen molar-refractivity contribution in [2.24, 2.45) is 5.92 Å². The van der Waals surface area contributed by atoms with E-state index in [0.717, 1.165) is 25.5 Å². The van der Waals surface area contributed by atoms with E-state index < -0.39 is 5.82 Å². The largest absolute Gasteiger partial charge is 0.381 e. The van der Waals surface area contributed by atoms with Crippen LogP contribution in [0.5, 0.6) is 0 Å². The van der Waals surface area contributed by atoms with Crippen molar-refractivity contribution in [3.8, 4) is 0 Å². The molecule has 1 amide bonds. The van der Waals surface area contributed by atoms with Crippen molar-refractivity contribution in [1.82, 2.24) is 15.3 Å². The van der Waals surface area contributed by atoms with Crippen molar-refractivity contribution >= 4 is 11.7 Å². The fourth-order valence-electron chi connectivity index (χ4n) is 2.87. The lowest BCUT2D eigenvalue weighted by atomic mass is 10.1. The van der Waals surface area contributed by atoms with Crippen LogP contribution < -0.4 is 10.2 Å². The Kier molecular flexibility index (Phi) is 4.28. The number of carbonyl (C=O) groups excluding carboxylic acids is 1. The number of halogens is 1. The van der Waals surface area contributed by atoms with Gasteiger partial charge in [0.2, 0.25) is 5.91 Å². The highest BCUT2D eigenvalue weighted by molar-refractivity contribution is 5.80. The highest BCUT2D eigenvalue weighted by atomic mass is 19.1. The van der Waals surface area contributed by atoms with Crippen LogP contribution in [0.25, 0.3) is 0 Å². The minimum absolute atomic E-state index is 0.0545. The van der Waals surface area contributed by atoms with E-state index in [-0.39, 0.29) is 23.7 Å². The number of aromatic nitrogens is 2. The average molecular weight is 294 g/mol. The quantitative estimate of drug-likeness (QED) is 0.890. The van der Waals surface area contributed by atoms with Gasteiger partial charge in [-0.15, -0.1) is 0 Å². The molecule has 0 aromatic carbocycles. The second-order valence-electron chi connectivity index (χ2n) is 5.52. The van der Waals surface area contributed by atoms with E-state index in [9.17, 15) is 9.18 Å². The van der Waals surface area contributed by atoms with Gasteiger partial charge in [0.1, 0.15) is 6.33 Å². The first-order valence-electron chi connectivity index (χ1n) is 7.32. The summed E-state index contributed by atoms with van der Waals surface area (Å²) >= 11 is 0. The van der Waals surface area contributed by atoms with Crippen molar-refractivity contribution in [1.29, 1.82) is 0 Å². The van der Waals surface area contributed by atoms with E-state index in [4.69, 9.17) is 4.74 Å². The minimum Gasteiger partial charge on any atom is -0.381 e. The summed E-state index contributed by atoms with van der Waals surface area (Å²) in [5, 5.41) is 3.08. The summed E-state index contributed by atoms with van der Waals surface area (Å²) in [6, 6.07) is 0.205. The van der Waals surface area contributed by atoms with Gasteiger partial charge < -0.3 is 15.0 Å². The average Bonchev–Trinajstić information content (AvgIpc) is 2.98.